The highest BCUT2D eigenvalue weighted by molar-refractivity contribution is 14.0. The van der Waals surface area contributed by atoms with E-state index in [-0.39, 0.29) is 30.0 Å². The van der Waals surface area contributed by atoms with Crippen LogP contribution in [-0.4, -0.2) is 64.2 Å². The third-order valence-corrected chi connectivity index (χ3v) is 4.02. The van der Waals surface area contributed by atoms with Crippen molar-refractivity contribution in [2.24, 2.45) is 4.99 Å². The fraction of sp³-hybridized carbons (Fsp3) is 0.562. The van der Waals surface area contributed by atoms with Crippen LogP contribution in [0.2, 0.25) is 0 Å². The maximum absolute atomic E-state index is 5.22. The Balaban J connectivity index is 0.00000484. The molecule has 0 radical (unpaired) electrons. The summed E-state index contributed by atoms with van der Waals surface area (Å²) < 4.78 is 5.22. The molecule has 0 aliphatic rings. The van der Waals surface area contributed by atoms with Crippen LogP contribution in [0.3, 0.4) is 0 Å². The number of hydrogen-bond donors (Lipinski definition) is 2. The van der Waals surface area contributed by atoms with Gasteiger partial charge in [-0.15, -0.1) is 24.0 Å². The summed E-state index contributed by atoms with van der Waals surface area (Å²) in [5.41, 5.74) is 1.25. The van der Waals surface area contributed by atoms with Gasteiger partial charge in [-0.3, -0.25) is 4.99 Å². The zero-order valence-electron chi connectivity index (χ0n) is 14.6. The van der Waals surface area contributed by atoms with E-state index in [0.29, 0.717) is 0 Å². The Labute approximate surface area is 161 Å². The molecular weight excluding hydrogens is 423 g/mol. The summed E-state index contributed by atoms with van der Waals surface area (Å²) in [6, 6.07) is 8.48. The van der Waals surface area contributed by atoms with E-state index in [9.17, 15) is 0 Å². The van der Waals surface area contributed by atoms with Crippen molar-refractivity contribution in [2.45, 2.75) is 6.04 Å². The summed E-state index contributed by atoms with van der Waals surface area (Å²) >= 11 is 1.82. The topological polar surface area (TPSA) is 48.9 Å². The molecule has 1 aromatic rings. The molecule has 0 heterocycles. The van der Waals surface area contributed by atoms with Crippen molar-refractivity contribution in [2.75, 3.05) is 53.4 Å². The van der Waals surface area contributed by atoms with E-state index >= 15 is 0 Å². The van der Waals surface area contributed by atoms with Crippen LogP contribution in [0.5, 0.6) is 5.75 Å². The van der Waals surface area contributed by atoms with Gasteiger partial charge in [0.25, 0.3) is 0 Å². The van der Waals surface area contributed by atoms with E-state index in [1.165, 1.54) is 5.56 Å². The van der Waals surface area contributed by atoms with Crippen LogP contribution in [0.4, 0.5) is 0 Å². The van der Waals surface area contributed by atoms with Crippen molar-refractivity contribution in [3.63, 3.8) is 0 Å². The molecule has 1 rings (SSSR count). The maximum Gasteiger partial charge on any atom is 0.191 e. The molecule has 0 bridgehead atoms. The lowest BCUT2D eigenvalue weighted by Crippen LogP contribution is -2.42. The number of ether oxygens (including phenoxy) is 1. The van der Waals surface area contributed by atoms with E-state index in [4.69, 9.17) is 4.74 Å². The molecule has 0 aliphatic heterocycles. The minimum absolute atomic E-state index is 0. The number of thioether (sulfide) groups is 1. The largest absolute Gasteiger partial charge is 0.497 e. The Morgan fingerprint density at radius 3 is 2.39 bits per heavy atom. The van der Waals surface area contributed by atoms with Gasteiger partial charge in [-0.1, -0.05) is 12.1 Å². The van der Waals surface area contributed by atoms with Crippen molar-refractivity contribution in [1.29, 1.82) is 0 Å². The summed E-state index contributed by atoms with van der Waals surface area (Å²) in [5.74, 6) is 2.79. The van der Waals surface area contributed by atoms with Crippen molar-refractivity contribution >= 4 is 41.7 Å². The molecule has 0 aromatic heterocycles. The van der Waals surface area contributed by atoms with Crippen molar-refractivity contribution in [3.05, 3.63) is 29.8 Å². The second-order valence-corrected chi connectivity index (χ2v) is 6.11. The minimum Gasteiger partial charge on any atom is -0.497 e. The van der Waals surface area contributed by atoms with Crippen LogP contribution >= 0.6 is 35.7 Å². The molecule has 0 fully saturated rings. The van der Waals surface area contributed by atoms with Gasteiger partial charge in [-0.25, -0.2) is 0 Å². The highest BCUT2D eigenvalue weighted by atomic mass is 127. The van der Waals surface area contributed by atoms with Crippen LogP contribution in [0.1, 0.15) is 11.6 Å². The lowest BCUT2D eigenvalue weighted by molar-refractivity contribution is 0.298. The Bertz CT molecular complexity index is 454. The van der Waals surface area contributed by atoms with Gasteiger partial charge in [0.2, 0.25) is 0 Å². The molecule has 1 aromatic carbocycles. The third kappa shape index (κ3) is 8.12. The first kappa shape index (κ1) is 22.3. The summed E-state index contributed by atoms with van der Waals surface area (Å²) in [6.45, 7) is 1.70. The highest BCUT2D eigenvalue weighted by Crippen LogP contribution is 2.20. The van der Waals surface area contributed by atoms with E-state index in [1.54, 1.807) is 14.2 Å². The van der Waals surface area contributed by atoms with Gasteiger partial charge >= 0.3 is 0 Å². The summed E-state index contributed by atoms with van der Waals surface area (Å²) in [6.07, 6.45) is 2.10. The van der Waals surface area contributed by atoms with Crippen molar-refractivity contribution in [3.8, 4) is 5.75 Å². The Hall–Kier alpha value is -0.670. The number of likely N-dealkylation sites (N-methyl/N-ethyl adjacent to an activating group) is 1. The fourth-order valence-electron chi connectivity index (χ4n) is 2.11. The molecular formula is C16H29IN4OS. The number of guanidine groups is 1. The average molecular weight is 452 g/mol. The van der Waals surface area contributed by atoms with Gasteiger partial charge in [-0.2, -0.15) is 11.8 Å². The second-order valence-electron chi connectivity index (χ2n) is 5.13. The van der Waals surface area contributed by atoms with Crippen LogP contribution in [-0.2, 0) is 0 Å². The Morgan fingerprint density at radius 2 is 1.91 bits per heavy atom. The zero-order chi connectivity index (χ0) is 16.4. The number of nitrogens with one attached hydrogen (secondary N) is 2. The number of benzene rings is 1. The molecule has 2 N–H and O–H groups in total. The van der Waals surface area contributed by atoms with Crippen LogP contribution < -0.4 is 15.4 Å². The second kappa shape index (κ2) is 12.7. The smallest absolute Gasteiger partial charge is 0.191 e. The number of halogens is 1. The summed E-state index contributed by atoms with van der Waals surface area (Å²) in [4.78, 5) is 6.46. The molecule has 0 amide bonds. The first-order chi connectivity index (χ1) is 10.6. The number of rotatable bonds is 8. The zero-order valence-corrected chi connectivity index (χ0v) is 17.8. The molecule has 7 heteroatoms. The summed E-state index contributed by atoms with van der Waals surface area (Å²) in [7, 11) is 7.65. The van der Waals surface area contributed by atoms with E-state index in [1.807, 2.05) is 23.9 Å². The molecule has 132 valence electrons. The molecule has 0 aliphatic carbocycles. The summed E-state index contributed by atoms with van der Waals surface area (Å²) in [5, 5.41) is 6.71. The standard InChI is InChI=1S/C16H28N4OS.HI/c1-17-16(18-10-11-22-5)19-12-15(20(2)3)13-6-8-14(21-4)9-7-13;/h6-9,15H,10-12H2,1-5H3,(H2,17,18,19);1H. The highest BCUT2D eigenvalue weighted by Gasteiger charge is 2.14. The fourth-order valence-corrected chi connectivity index (χ4v) is 2.42. The van der Waals surface area contributed by atoms with Gasteiger partial charge in [0.15, 0.2) is 5.96 Å². The lowest BCUT2D eigenvalue weighted by Gasteiger charge is -2.26. The third-order valence-electron chi connectivity index (χ3n) is 3.41. The van der Waals surface area contributed by atoms with E-state index in [0.717, 1.165) is 30.6 Å². The number of nitrogens with zero attached hydrogens (tertiary/aromatic N) is 2. The molecule has 1 atom stereocenters. The predicted molar refractivity (Wildman–Crippen MR) is 113 cm³/mol. The van der Waals surface area contributed by atoms with Gasteiger partial charge in [-0.05, 0) is 38.0 Å². The Morgan fingerprint density at radius 1 is 1.26 bits per heavy atom. The first-order valence-corrected chi connectivity index (χ1v) is 8.75. The van der Waals surface area contributed by atoms with E-state index < -0.39 is 0 Å². The monoisotopic (exact) mass is 452 g/mol. The lowest BCUT2D eigenvalue weighted by atomic mass is 10.1. The molecule has 23 heavy (non-hydrogen) atoms. The molecule has 5 nitrogen and oxygen atoms in total. The molecule has 0 spiro atoms. The van der Waals surface area contributed by atoms with Crippen LogP contribution in [0.15, 0.2) is 29.3 Å². The SMILES string of the molecule is CN=C(NCCSC)NCC(c1ccc(OC)cc1)N(C)C.I. The number of hydrogen-bond acceptors (Lipinski definition) is 4. The van der Waals surface area contributed by atoms with Crippen molar-refractivity contribution in [1.82, 2.24) is 15.5 Å². The minimum atomic E-state index is 0. The van der Waals surface area contributed by atoms with Gasteiger partial charge in [0, 0.05) is 25.9 Å². The molecule has 0 saturated carbocycles. The van der Waals surface area contributed by atoms with Gasteiger partial charge < -0.3 is 20.3 Å². The predicted octanol–water partition coefficient (Wildman–Crippen LogP) is 2.44. The maximum atomic E-state index is 5.22. The first-order valence-electron chi connectivity index (χ1n) is 7.36. The Kier molecular flexibility index (Phi) is 12.3. The van der Waals surface area contributed by atoms with Gasteiger partial charge in [0.05, 0.1) is 13.2 Å². The van der Waals surface area contributed by atoms with E-state index in [2.05, 4.69) is 53.0 Å². The van der Waals surface area contributed by atoms with Gasteiger partial charge in [0.1, 0.15) is 5.75 Å². The number of aliphatic imine (C=N–C) groups is 1. The van der Waals surface area contributed by atoms with Crippen LogP contribution in [0.25, 0.3) is 0 Å². The quantitative estimate of drug-likeness (QED) is 0.275. The van der Waals surface area contributed by atoms with Crippen LogP contribution in [0, 0.1) is 0 Å². The average Bonchev–Trinajstić information content (AvgIpc) is 2.53. The van der Waals surface area contributed by atoms with Crippen molar-refractivity contribution < 1.29 is 4.74 Å². The number of methoxy groups -OCH3 is 1. The molecule has 1 unspecified atom stereocenters. The molecule has 0 saturated heterocycles. The normalized spacial score (nSPS) is 12.5.